The zero-order valence-corrected chi connectivity index (χ0v) is 16.0. The van der Waals surface area contributed by atoms with Crippen molar-refractivity contribution in [3.05, 3.63) is 36.5 Å². The summed E-state index contributed by atoms with van der Waals surface area (Å²) >= 11 is 1.93. The summed E-state index contributed by atoms with van der Waals surface area (Å²) in [5.41, 5.74) is 1.26. The molecule has 0 spiro atoms. The van der Waals surface area contributed by atoms with E-state index in [0.717, 1.165) is 37.6 Å². The summed E-state index contributed by atoms with van der Waals surface area (Å²) in [5.74, 6) is 2.36. The zero-order chi connectivity index (χ0) is 15.2. The maximum Gasteiger partial charge on any atom is 0.221 e. The van der Waals surface area contributed by atoms with Crippen LogP contribution in [0.3, 0.4) is 0 Å². The van der Waals surface area contributed by atoms with Gasteiger partial charge < -0.3 is 15.2 Å². The minimum Gasteiger partial charge on any atom is -0.356 e. The van der Waals surface area contributed by atoms with Crippen LogP contribution >= 0.6 is 36.6 Å². The number of nitrogens with zero attached hydrogens (tertiary/aromatic N) is 1. The van der Waals surface area contributed by atoms with E-state index in [0.29, 0.717) is 12.5 Å². The average molecular weight is 390 g/mol. The van der Waals surface area contributed by atoms with Gasteiger partial charge >= 0.3 is 0 Å². The first-order chi connectivity index (χ1) is 10.8. The molecule has 1 aromatic carbocycles. The molecule has 1 fully saturated rings. The number of aromatic nitrogens is 1. The van der Waals surface area contributed by atoms with Crippen LogP contribution in [-0.4, -0.2) is 41.1 Å². The van der Waals surface area contributed by atoms with Crippen molar-refractivity contribution in [1.82, 2.24) is 15.2 Å². The lowest BCUT2D eigenvalue weighted by atomic mass is 10.2. The molecule has 1 atom stereocenters. The van der Waals surface area contributed by atoms with Crippen LogP contribution < -0.4 is 10.6 Å². The minimum atomic E-state index is 0. The number of amides is 1. The van der Waals surface area contributed by atoms with Crippen molar-refractivity contribution in [3.8, 4) is 0 Å². The molecule has 1 aliphatic rings. The fourth-order valence-corrected chi connectivity index (χ4v) is 3.81. The molecule has 0 bridgehead atoms. The number of aryl methyl sites for hydroxylation is 1. The Balaban J connectivity index is 0.00000144. The number of benzene rings is 1. The van der Waals surface area contributed by atoms with Gasteiger partial charge in [0.25, 0.3) is 0 Å². The third-order valence-electron chi connectivity index (χ3n) is 4.01. The van der Waals surface area contributed by atoms with Crippen LogP contribution in [0, 0.1) is 0 Å². The van der Waals surface area contributed by atoms with Gasteiger partial charge in [-0.2, -0.15) is 11.8 Å². The molecule has 0 aliphatic carbocycles. The zero-order valence-electron chi connectivity index (χ0n) is 13.6. The molecule has 7 heteroatoms. The van der Waals surface area contributed by atoms with Crippen LogP contribution in [0.5, 0.6) is 0 Å². The van der Waals surface area contributed by atoms with E-state index in [2.05, 4.69) is 51.7 Å². The van der Waals surface area contributed by atoms with Gasteiger partial charge in [-0.1, -0.05) is 18.2 Å². The standard InChI is InChI=1S/C17H23N3OS.2ClH/c21-17(12-15-13-22-11-8-18-15)19-7-3-9-20-10-6-14-4-1-2-5-16(14)20;;/h1-2,4-6,10,15,18H,3,7-9,11-13H2,(H,19,21);2*1H. The lowest BCUT2D eigenvalue weighted by Crippen LogP contribution is -2.41. The topological polar surface area (TPSA) is 46.1 Å². The molecule has 24 heavy (non-hydrogen) atoms. The van der Waals surface area contributed by atoms with Crippen LogP contribution in [0.25, 0.3) is 10.9 Å². The molecule has 2 heterocycles. The monoisotopic (exact) mass is 389 g/mol. The maximum atomic E-state index is 11.9. The third kappa shape index (κ3) is 5.88. The number of nitrogens with one attached hydrogen (secondary N) is 2. The van der Waals surface area contributed by atoms with Crippen molar-refractivity contribution in [2.75, 3.05) is 24.6 Å². The van der Waals surface area contributed by atoms with Gasteiger partial charge in [-0.3, -0.25) is 4.79 Å². The van der Waals surface area contributed by atoms with Gasteiger partial charge in [-0.25, -0.2) is 0 Å². The van der Waals surface area contributed by atoms with Crippen molar-refractivity contribution in [3.63, 3.8) is 0 Å². The Kier molecular flexibility index (Phi) is 9.59. The SMILES string of the molecule is Cl.Cl.O=C(CC1CSCCN1)NCCCn1ccc2ccccc21. The van der Waals surface area contributed by atoms with Gasteiger partial charge in [0.05, 0.1) is 0 Å². The number of hydrogen-bond donors (Lipinski definition) is 2. The number of carbonyl (C=O) groups excluding carboxylic acids is 1. The molecular formula is C17H25Cl2N3OS. The second kappa shape index (κ2) is 10.9. The smallest absolute Gasteiger partial charge is 0.221 e. The van der Waals surface area contributed by atoms with E-state index < -0.39 is 0 Å². The van der Waals surface area contributed by atoms with Crippen molar-refractivity contribution in [2.24, 2.45) is 0 Å². The first-order valence-corrected chi connectivity index (χ1v) is 9.10. The number of carbonyl (C=O) groups is 1. The number of thioether (sulfide) groups is 1. The summed E-state index contributed by atoms with van der Waals surface area (Å²) in [6.45, 7) is 2.69. The van der Waals surface area contributed by atoms with Gasteiger partial charge in [0.1, 0.15) is 0 Å². The van der Waals surface area contributed by atoms with Crippen molar-refractivity contribution >= 4 is 53.4 Å². The number of fused-ring (bicyclic) bond motifs is 1. The molecule has 1 aromatic heterocycles. The van der Waals surface area contributed by atoms with E-state index in [-0.39, 0.29) is 30.7 Å². The van der Waals surface area contributed by atoms with E-state index in [1.165, 1.54) is 10.9 Å². The second-order valence-electron chi connectivity index (χ2n) is 5.70. The molecule has 1 amide bonds. The lowest BCUT2D eigenvalue weighted by molar-refractivity contribution is -0.121. The molecule has 1 unspecified atom stereocenters. The van der Waals surface area contributed by atoms with Gasteiger partial charge in [0.2, 0.25) is 5.91 Å². The van der Waals surface area contributed by atoms with E-state index in [4.69, 9.17) is 0 Å². The molecule has 2 N–H and O–H groups in total. The van der Waals surface area contributed by atoms with Gasteiger partial charge in [-0.15, -0.1) is 24.8 Å². The molecular weight excluding hydrogens is 365 g/mol. The second-order valence-corrected chi connectivity index (χ2v) is 6.85. The summed E-state index contributed by atoms with van der Waals surface area (Å²) in [6, 6.07) is 10.9. The fraction of sp³-hybridized carbons (Fsp3) is 0.471. The average Bonchev–Trinajstić information content (AvgIpc) is 2.96. The summed E-state index contributed by atoms with van der Waals surface area (Å²) in [4.78, 5) is 11.9. The van der Waals surface area contributed by atoms with Crippen LogP contribution in [0.1, 0.15) is 12.8 Å². The Morgan fingerprint density at radius 3 is 2.92 bits per heavy atom. The fourth-order valence-electron chi connectivity index (χ4n) is 2.86. The highest BCUT2D eigenvalue weighted by molar-refractivity contribution is 7.99. The number of rotatable bonds is 6. The number of halogens is 2. The third-order valence-corrected chi connectivity index (χ3v) is 5.14. The molecule has 2 aromatic rings. The van der Waals surface area contributed by atoms with Crippen molar-refractivity contribution in [2.45, 2.75) is 25.4 Å². The molecule has 0 radical (unpaired) electrons. The highest BCUT2D eigenvalue weighted by atomic mass is 35.5. The molecule has 1 aliphatic heterocycles. The van der Waals surface area contributed by atoms with E-state index in [9.17, 15) is 4.79 Å². The lowest BCUT2D eigenvalue weighted by Gasteiger charge is -2.22. The molecule has 0 saturated carbocycles. The van der Waals surface area contributed by atoms with Crippen molar-refractivity contribution in [1.29, 1.82) is 0 Å². The van der Waals surface area contributed by atoms with Gasteiger partial charge in [0.15, 0.2) is 0 Å². The van der Waals surface area contributed by atoms with E-state index >= 15 is 0 Å². The predicted molar refractivity (Wildman–Crippen MR) is 108 cm³/mol. The summed E-state index contributed by atoms with van der Waals surface area (Å²) in [7, 11) is 0. The van der Waals surface area contributed by atoms with E-state index in [1.54, 1.807) is 0 Å². The Labute approximate surface area is 160 Å². The Morgan fingerprint density at radius 1 is 1.29 bits per heavy atom. The molecule has 3 rings (SSSR count). The van der Waals surface area contributed by atoms with Crippen molar-refractivity contribution < 1.29 is 4.79 Å². The van der Waals surface area contributed by atoms with Gasteiger partial charge in [-0.05, 0) is 23.9 Å². The molecule has 1 saturated heterocycles. The summed E-state index contributed by atoms with van der Waals surface area (Å²) < 4.78 is 2.25. The Bertz CT molecular complexity index is 629. The summed E-state index contributed by atoms with van der Waals surface area (Å²) in [5, 5.41) is 7.71. The summed E-state index contributed by atoms with van der Waals surface area (Å²) in [6.07, 6.45) is 3.67. The normalized spacial score (nSPS) is 16.9. The van der Waals surface area contributed by atoms with Gasteiger partial charge in [0, 0.05) is 55.3 Å². The predicted octanol–water partition coefficient (Wildman–Crippen LogP) is 3.09. The first kappa shape index (κ1) is 21.2. The Hall–Kier alpha value is -0.880. The highest BCUT2D eigenvalue weighted by Gasteiger charge is 2.16. The van der Waals surface area contributed by atoms with Crippen LogP contribution in [0.15, 0.2) is 36.5 Å². The number of hydrogen-bond acceptors (Lipinski definition) is 3. The quantitative estimate of drug-likeness (QED) is 0.746. The van der Waals surface area contributed by atoms with Crippen LogP contribution in [0.2, 0.25) is 0 Å². The first-order valence-electron chi connectivity index (χ1n) is 7.94. The largest absolute Gasteiger partial charge is 0.356 e. The minimum absolute atomic E-state index is 0. The highest BCUT2D eigenvalue weighted by Crippen LogP contribution is 2.15. The van der Waals surface area contributed by atoms with Crippen LogP contribution in [0.4, 0.5) is 0 Å². The molecule has 4 nitrogen and oxygen atoms in total. The Morgan fingerprint density at radius 2 is 2.12 bits per heavy atom. The number of para-hydroxylation sites is 1. The maximum absolute atomic E-state index is 11.9. The van der Waals surface area contributed by atoms with E-state index in [1.807, 2.05) is 11.8 Å². The molecule has 134 valence electrons. The van der Waals surface area contributed by atoms with Crippen LogP contribution in [-0.2, 0) is 11.3 Å².